The molecule has 1 amide bonds. The van der Waals surface area contributed by atoms with Crippen LogP contribution in [0.1, 0.15) is 44.6 Å². The van der Waals surface area contributed by atoms with Crippen molar-refractivity contribution < 1.29 is 13.2 Å². The van der Waals surface area contributed by atoms with E-state index in [1.54, 1.807) is 0 Å². The van der Waals surface area contributed by atoms with Crippen LogP contribution < -0.4 is 5.32 Å². The molecule has 5 nitrogen and oxygen atoms in total. The first kappa shape index (κ1) is 21.8. The summed E-state index contributed by atoms with van der Waals surface area (Å²) in [6, 6.07) is 2.89. The lowest BCUT2D eigenvalue weighted by Crippen LogP contribution is -2.42. The smallest absolute Gasteiger partial charge is 0.235 e. The third-order valence-electron chi connectivity index (χ3n) is 4.18. The van der Waals surface area contributed by atoms with Crippen LogP contribution >= 0.6 is 34.8 Å². The maximum Gasteiger partial charge on any atom is 0.235 e. The predicted molar refractivity (Wildman–Crippen MR) is 106 cm³/mol. The zero-order valence-corrected chi connectivity index (χ0v) is 17.7. The highest BCUT2D eigenvalue weighted by Crippen LogP contribution is 2.35. The molecule has 2 rings (SSSR count). The molecule has 0 aliphatic heterocycles. The van der Waals surface area contributed by atoms with E-state index < -0.39 is 10.0 Å². The molecule has 146 valence electrons. The first-order valence-electron chi connectivity index (χ1n) is 8.65. The Bertz CT molecular complexity index is 752. The number of carbonyl (C=O) groups is 1. The summed E-state index contributed by atoms with van der Waals surface area (Å²) >= 11 is 18.2. The summed E-state index contributed by atoms with van der Waals surface area (Å²) in [7, 11) is -3.76. The van der Waals surface area contributed by atoms with Crippen molar-refractivity contribution in [1.82, 2.24) is 9.62 Å². The van der Waals surface area contributed by atoms with Crippen molar-refractivity contribution >= 4 is 50.7 Å². The molecule has 0 spiro atoms. The molecule has 1 N–H and O–H groups in total. The number of nitrogens with zero attached hydrogens (tertiary/aromatic N) is 1. The molecule has 1 fully saturated rings. The van der Waals surface area contributed by atoms with E-state index in [2.05, 4.69) is 12.2 Å². The van der Waals surface area contributed by atoms with Gasteiger partial charge in [-0.1, -0.05) is 54.6 Å². The fraction of sp³-hybridized carbons (Fsp3) is 0.588. The Morgan fingerprint density at radius 2 is 1.85 bits per heavy atom. The topological polar surface area (TPSA) is 66.5 Å². The number of halogens is 3. The summed E-state index contributed by atoms with van der Waals surface area (Å²) in [5.41, 5.74) is 0.259. The van der Waals surface area contributed by atoms with Crippen LogP contribution in [0.4, 0.5) is 0 Å². The number of nitrogens with one attached hydrogen (secondary N) is 1. The monoisotopic (exact) mass is 440 g/mol. The minimum atomic E-state index is -3.76. The highest BCUT2D eigenvalue weighted by Gasteiger charge is 2.39. The van der Waals surface area contributed by atoms with Crippen LogP contribution in [-0.2, 0) is 20.6 Å². The molecule has 1 aliphatic carbocycles. The highest BCUT2D eigenvalue weighted by atomic mass is 35.5. The van der Waals surface area contributed by atoms with Crippen LogP contribution in [0, 0.1) is 0 Å². The van der Waals surface area contributed by atoms with Crippen LogP contribution in [-0.4, -0.2) is 37.8 Å². The fourth-order valence-electron chi connectivity index (χ4n) is 2.58. The van der Waals surface area contributed by atoms with Crippen molar-refractivity contribution in [2.45, 2.75) is 50.8 Å². The number of hydrogen-bond acceptors (Lipinski definition) is 3. The Labute approximate surface area is 170 Å². The first-order valence-corrected chi connectivity index (χ1v) is 11.4. The summed E-state index contributed by atoms with van der Waals surface area (Å²) in [4.78, 5) is 12.1. The molecule has 1 aliphatic rings. The Morgan fingerprint density at radius 3 is 2.46 bits per heavy atom. The van der Waals surface area contributed by atoms with Crippen LogP contribution in [0.3, 0.4) is 0 Å². The molecule has 0 atom stereocenters. The van der Waals surface area contributed by atoms with E-state index in [0.29, 0.717) is 6.54 Å². The van der Waals surface area contributed by atoms with Crippen LogP contribution in [0.2, 0.25) is 15.1 Å². The minimum Gasteiger partial charge on any atom is -0.355 e. The number of benzene rings is 1. The Hall–Kier alpha value is -0.530. The van der Waals surface area contributed by atoms with Crippen LogP contribution in [0.5, 0.6) is 0 Å². The van der Waals surface area contributed by atoms with Gasteiger partial charge in [0.2, 0.25) is 15.9 Å². The lowest BCUT2D eigenvalue weighted by Gasteiger charge is -2.22. The van der Waals surface area contributed by atoms with Crippen molar-refractivity contribution in [2.24, 2.45) is 0 Å². The second-order valence-corrected chi connectivity index (χ2v) is 9.53. The molecule has 0 heterocycles. The van der Waals surface area contributed by atoms with Gasteiger partial charge in [0.25, 0.3) is 0 Å². The SMILES string of the molecule is CCCCCNC(=O)CN(C1CC1)S(=O)(=O)Cc1c(Cl)ccc(Cl)c1Cl. The summed E-state index contributed by atoms with van der Waals surface area (Å²) in [6.45, 7) is 2.45. The van der Waals surface area contributed by atoms with Crippen LogP contribution in [0.15, 0.2) is 12.1 Å². The first-order chi connectivity index (χ1) is 12.3. The molecule has 1 saturated carbocycles. The third-order valence-corrected chi connectivity index (χ3v) is 7.17. The molecule has 1 aromatic rings. The van der Waals surface area contributed by atoms with E-state index in [1.807, 2.05) is 0 Å². The zero-order valence-electron chi connectivity index (χ0n) is 14.6. The number of sulfonamides is 1. The third kappa shape index (κ3) is 5.99. The van der Waals surface area contributed by atoms with Gasteiger partial charge in [-0.25, -0.2) is 8.42 Å². The second kappa shape index (κ2) is 9.60. The van der Waals surface area contributed by atoms with E-state index >= 15 is 0 Å². The molecule has 26 heavy (non-hydrogen) atoms. The molecular weight excluding hydrogens is 419 g/mol. The minimum absolute atomic E-state index is 0.127. The predicted octanol–water partition coefficient (Wildman–Crippen LogP) is 4.25. The molecule has 0 bridgehead atoms. The summed E-state index contributed by atoms with van der Waals surface area (Å²) < 4.78 is 27.0. The van der Waals surface area contributed by atoms with Crippen molar-refractivity contribution in [1.29, 1.82) is 0 Å². The maximum absolute atomic E-state index is 12.9. The van der Waals surface area contributed by atoms with Gasteiger partial charge in [-0.3, -0.25) is 4.79 Å². The summed E-state index contributed by atoms with van der Waals surface area (Å²) in [5, 5.41) is 3.39. The van der Waals surface area contributed by atoms with E-state index in [0.717, 1.165) is 32.1 Å². The Balaban J connectivity index is 2.09. The highest BCUT2D eigenvalue weighted by molar-refractivity contribution is 7.88. The lowest BCUT2D eigenvalue weighted by atomic mass is 10.2. The van der Waals surface area contributed by atoms with Gasteiger partial charge >= 0.3 is 0 Å². The van der Waals surface area contributed by atoms with Gasteiger partial charge in [0.1, 0.15) is 0 Å². The van der Waals surface area contributed by atoms with Gasteiger partial charge in [0.05, 0.1) is 22.3 Å². The fourth-order valence-corrected chi connectivity index (χ4v) is 5.23. The number of hydrogen-bond donors (Lipinski definition) is 1. The number of rotatable bonds is 10. The molecule has 0 aromatic heterocycles. The van der Waals surface area contributed by atoms with Crippen molar-refractivity contribution in [3.05, 3.63) is 32.8 Å². The molecule has 1 aromatic carbocycles. The molecular formula is C17H23Cl3N2O3S. The quantitative estimate of drug-likeness (QED) is 0.436. The van der Waals surface area contributed by atoms with Gasteiger partial charge in [0.15, 0.2) is 0 Å². The Kier molecular flexibility index (Phi) is 8.04. The van der Waals surface area contributed by atoms with Gasteiger partial charge in [-0.05, 0) is 31.4 Å². The standard InChI is InChI=1S/C17H23Cl3N2O3S/c1-2-3-4-9-21-16(23)10-22(12-5-6-12)26(24,25)11-13-14(18)7-8-15(19)17(13)20/h7-8,12H,2-6,9-11H2,1H3,(H,21,23). The van der Waals surface area contributed by atoms with E-state index in [-0.39, 0.29) is 44.9 Å². The summed E-state index contributed by atoms with van der Waals surface area (Å²) in [5.74, 6) is -0.676. The second-order valence-electron chi connectivity index (χ2n) is 6.41. The van der Waals surface area contributed by atoms with E-state index in [1.165, 1.54) is 16.4 Å². The van der Waals surface area contributed by atoms with Crippen molar-refractivity contribution in [3.63, 3.8) is 0 Å². The number of amides is 1. The van der Waals surface area contributed by atoms with Crippen LogP contribution in [0.25, 0.3) is 0 Å². The van der Waals surface area contributed by atoms with Crippen molar-refractivity contribution in [3.8, 4) is 0 Å². The lowest BCUT2D eigenvalue weighted by molar-refractivity contribution is -0.121. The van der Waals surface area contributed by atoms with E-state index in [4.69, 9.17) is 34.8 Å². The maximum atomic E-state index is 12.9. The van der Waals surface area contributed by atoms with Gasteiger partial charge < -0.3 is 5.32 Å². The van der Waals surface area contributed by atoms with Gasteiger partial charge in [0, 0.05) is 23.2 Å². The largest absolute Gasteiger partial charge is 0.355 e. The van der Waals surface area contributed by atoms with E-state index in [9.17, 15) is 13.2 Å². The van der Waals surface area contributed by atoms with Gasteiger partial charge in [-0.2, -0.15) is 4.31 Å². The average molecular weight is 442 g/mol. The zero-order chi connectivity index (χ0) is 19.3. The van der Waals surface area contributed by atoms with Crippen molar-refractivity contribution in [2.75, 3.05) is 13.1 Å². The number of carbonyl (C=O) groups excluding carboxylic acids is 1. The normalized spacial score (nSPS) is 14.7. The number of unbranched alkanes of at least 4 members (excludes halogenated alkanes) is 2. The molecule has 0 saturated heterocycles. The molecule has 0 unspecified atom stereocenters. The average Bonchev–Trinajstić information content (AvgIpc) is 3.41. The molecule has 9 heteroatoms. The molecule has 0 radical (unpaired) electrons. The Morgan fingerprint density at radius 1 is 1.19 bits per heavy atom. The van der Waals surface area contributed by atoms with Gasteiger partial charge in [-0.15, -0.1) is 0 Å². The summed E-state index contributed by atoms with van der Waals surface area (Å²) in [6.07, 6.45) is 4.46.